The normalized spacial score (nSPS) is 47.1. The van der Waals surface area contributed by atoms with Crippen LogP contribution >= 0.6 is 0 Å². The van der Waals surface area contributed by atoms with Crippen LogP contribution in [0.2, 0.25) is 0 Å². The van der Waals surface area contributed by atoms with Crippen molar-refractivity contribution in [2.45, 2.75) is 44.1 Å². The molecular formula is C12H21N2O+. The number of primary amides is 1. The molecule has 0 heterocycles. The standard InChI is InChI=1S/C12H20N2O/c13-11(15)7-14-12-4-8-1-9(5-12)3-10(2-8)6-12/h8-10,14H,1-7H2,(H2,13,15)/p+1. The predicted molar refractivity (Wildman–Crippen MR) is 56.9 cm³/mol. The Balaban J connectivity index is 1.72. The molecule has 0 aromatic carbocycles. The zero-order chi connectivity index (χ0) is 10.5. The van der Waals surface area contributed by atoms with Crippen molar-refractivity contribution < 1.29 is 10.1 Å². The lowest BCUT2D eigenvalue weighted by molar-refractivity contribution is -0.729. The molecule has 1 amide bonds. The van der Waals surface area contributed by atoms with Crippen LogP contribution in [0.3, 0.4) is 0 Å². The second-order valence-electron chi connectivity index (χ2n) is 6.15. The first-order valence-electron chi connectivity index (χ1n) is 6.28. The highest BCUT2D eigenvalue weighted by Crippen LogP contribution is 2.54. The second-order valence-corrected chi connectivity index (χ2v) is 6.15. The van der Waals surface area contributed by atoms with Crippen LogP contribution in [0.25, 0.3) is 0 Å². The van der Waals surface area contributed by atoms with Crippen LogP contribution in [0.1, 0.15) is 38.5 Å². The fraction of sp³-hybridized carbons (Fsp3) is 0.917. The lowest BCUT2D eigenvalue weighted by Gasteiger charge is -2.54. The van der Waals surface area contributed by atoms with Gasteiger partial charge in [0.25, 0.3) is 5.91 Å². The van der Waals surface area contributed by atoms with E-state index in [1.165, 1.54) is 38.5 Å². The first-order chi connectivity index (χ1) is 7.15. The van der Waals surface area contributed by atoms with Crippen LogP contribution in [0.4, 0.5) is 0 Å². The first kappa shape index (κ1) is 9.64. The van der Waals surface area contributed by atoms with Gasteiger partial charge in [-0.3, -0.25) is 4.79 Å². The van der Waals surface area contributed by atoms with Crippen molar-refractivity contribution >= 4 is 5.91 Å². The molecule has 4 bridgehead atoms. The second kappa shape index (κ2) is 3.21. The number of nitrogens with two attached hydrogens (primary N) is 2. The Labute approximate surface area is 90.8 Å². The Morgan fingerprint density at radius 1 is 1.13 bits per heavy atom. The highest BCUT2D eigenvalue weighted by atomic mass is 16.1. The lowest BCUT2D eigenvalue weighted by atomic mass is 9.53. The third-order valence-electron chi connectivity index (χ3n) is 4.82. The zero-order valence-corrected chi connectivity index (χ0v) is 9.24. The summed E-state index contributed by atoms with van der Waals surface area (Å²) in [5.41, 5.74) is 5.66. The topological polar surface area (TPSA) is 59.7 Å². The number of amides is 1. The summed E-state index contributed by atoms with van der Waals surface area (Å²) in [6.45, 7) is 0.492. The SMILES string of the molecule is NC(=O)C[NH2+]C12CC3CC(CC(C3)C1)C2. The molecule has 0 spiro atoms. The Morgan fingerprint density at radius 3 is 2.00 bits per heavy atom. The summed E-state index contributed by atoms with van der Waals surface area (Å²) in [4.78, 5) is 10.9. The van der Waals surface area contributed by atoms with Crippen molar-refractivity contribution in [3.63, 3.8) is 0 Å². The molecule has 4 N–H and O–H groups in total. The summed E-state index contributed by atoms with van der Waals surface area (Å²) in [5.74, 6) is 2.71. The van der Waals surface area contributed by atoms with Gasteiger partial charge in [-0.1, -0.05) is 0 Å². The number of hydrogen-bond acceptors (Lipinski definition) is 1. The maximum Gasteiger partial charge on any atom is 0.272 e. The maximum atomic E-state index is 10.9. The molecule has 0 aromatic rings. The van der Waals surface area contributed by atoms with E-state index < -0.39 is 0 Å². The fourth-order valence-electron chi connectivity index (χ4n) is 4.74. The highest BCUT2D eigenvalue weighted by molar-refractivity contribution is 5.74. The van der Waals surface area contributed by atoms with Crippen LogP contribution in [-0.2, 0) is 4.79 Å². The summed E-state index contributed by atoms with van der Waals surface area (Å²) in [7, 11) is 0. The molecule has 0 atom stereocenters. The van der Waals surface area contributed by atoms with Gasteiger partial charge in [-0.25, -0.2) is 0 Å². The van der Waals surface area contributed by atoms with Crippen molar-refractivity contribution in [1.29, 1.82) is 0 Å². The average molecular weight is 209 g/mol. The van der Waals surface area contributed by atoms with Crippen molar-refractivity contribution in [1.82, 2.24) is 0 Å². The predicted octanol–water partition coefficient (Wildman–Crippen LogP) is 0.00390. The third-order valence-corrected chi connectivity index (χ3v) is 4.82. The molecule has 0 aromatic heterocycles. The van der Waals surface area contributed by atoms with Gasteiger partial charge < -0.3 is 11.1 Å². The number of carbonyl (C=O) groups excluding carboxylic acids is 1. The number of carbonyl (C=O) groups is 1. The quantitative estimate of drug-likeness (QED) is 0.675. The molecule has 15 heavy (non-hydrogen) atoms. The number of rotatable bonds is 3. The van der Waals surface area contributed by atoms with E-state index >= 15 is 0 Å². The molecule has 3 heteroatoms. The molecule has 4 aliphatic carbocycles. The zero-order valence-electron chi connectivity index (χ0n) is 9.24. The minimum absolute atomic E-state index is 0.161. The van der Waals surface area contributed by atoms with E-state index in [1.54, 1.807) is 0 Å². The molecule has 4 fully saturated rings. The van der Waals surface area contributed by atoms with Crippen molar-refractivity contribution in [2.75, 3.05) is 6.54 Å². The van der Waals surface area contributed by atoms with E-state index in [4.69, 9.17) is 5.73 Å². The van der Waals surface area contributed by atoms with Gasteiger partial charge in [0.2, 0.25) is 0 Å². The summed E-state index contributed by atoms with van der Waals surface area (Å²) < 4.78 is 0. The smallest absolute Gasteiger partial charge is 0.272 e. The fourth-order valence-corrected chi connectivity index (χ4v) is 4.74. The highest BCUT2D eigenvalue weighted by Gasteiger charge is 2.53. The molecule has 4 saturated carbocycles. The molecule has 4 rings (SSSR count). The minimum Gasteiger partial charge on any atom is -0.365 e. The summed E-state index contributed by atoms with van der Waals surface area (Å²) >= 11 is 0. The van der Waals surface area contributed by atoms with Gasteiger partial charge in [0, 0.05) is 19.3 Å². The van der Waals surface area contributed by atoms with E-state index in [9.17, 15) is 4.79 Å². The van der Waals surface area contributed by atoms with Gasteiger partial charge in [0.05, 0.1) is 5.54 Å². The molecule has 0 radical (unpaired) electrons. The summed E-state index contributed by atoms with van der Waals surface area (Å²) in [5, 5.41) is 2.26. The largest absolute Gasteiger partial charge is 0.365 e. The van der Waals surface area contributed by atoms with Crippen LogP contribution in [0.15, 0.2) is 0 Å². The first-order valence-corrected chi connectivity index (χ1v) is 6.28. The lowest BCUT2D eigenvalue weighted by Crippen LogP contribution is -3.00. The van der Waals surface area contributed by atoms with E-state index in [0.717, 1.165) is 17.8 Å². The monoisotopic (exact) mass is 209 g/mol. The van der Waals surface area contributed by atoms with Crippen LogP contribution in [0.5, 0.6) is 0 Å². The van der Waals surface area contributed by atoms with Crippen molar-refractivity contribution in [3.8, 4) is 0 Å². The third kappa shape index (κ3) is 1.67. The Morgan fingerprint density at radius 2 is 1.60 bits per heavy atom. The summed E-state index contributed by atoms with van der Waals surface area (Å²) in [6.07, 6.45) is 8.40. The molecule has 3 nitrogen and oxygen atoms in total. The molecule has 0 saturated heterocycles. The maximum absolute atomic E-state index is 10.9. The van der Waals surface area contributed by atoms with E-state index in [2.05, 4.69) is 5.32 Å². The minimum atomic E-state index is -0.161. The van der Waals surface area contributed by atoms with E-state index in [-0.39, 0.29) is 5.91 Å². The average Bonchev–Trinajstić information content (AvgIpc) is 2.12. The van der Waals surface area contributed by atoms with Gasteiger partial charge in [-0.05, 0) is 37.0 Å². The number of hydrogen-bond donors (Lipinski definition) is 2. The van der Waals surface area contributed by atoms with Crippen LogP contribution in [0, 0.1) is 17.8 Å². The molecule has 4 aliphatic rings. The Bertz CT molecular complexity index is 252. The van der Waals surface area contributed by atoms with Gasteiger partial charge in [0.15, 0.2) is 6.54 Å². The van der Waals surface area contributed by atoms with Gasteiger partial charge >= 0.3 is 0 Å². The van der Waals surface area contributed by atoms with E-state index in [0.29, 0.717) is 12.1 Å². The number of quaternary nitrogens is 1. The molecule has 84 valence electrons. The van der Waals surface area contributed by atoms with Gasteiger partial charge in [-0.2, -0.15) is 0 Å². The summed E-state index contributed by atoms with van der Waals surface area (Å²) in [6, 6.07) is 0. The molecule has 0 unspecified atom stereocenters. The van der Waals surface area contributed by atoms with Crippen LogP contribution in [-0.4, -0.2) is 18.0 Å². The van der Waals surface area contributed by atoms with Gasteiger partial charge in [0.1, 0.15) is 0 Å². The van der Waals surface area contributed by atoms with Crippen LogP contribution < -0.4 is 11.1 Å². The molecule has 0 aliphatic heterocycles. The van der Waals surface area contributed by atoms with E-state index in [1.807, 2.05) is 0 Å². The van der Waals surface area contributed by atoms with Crippen molar-refractivity contribution in [2.24, 2.45) is 23.5 Å². The van der Waals surface area contributed by atoms with Crippen molar-refractivity contribution in [3.05, 3.63) is 0 Å². The Hall–Kier alpha value is -0.570. The Kier molecular flexibility index (Phi) is 2.06. The van der Waals surface area contributed by atoms with Gasteiger partial charge in [-0.15, -0.1) is 0 Å². The molecular weight excluding hydrogens is 188 g/mol.